The van der Waals surface area contributed by atoms with Crippen molar-refractivity contribution in [2.75, 3.05) is 19.7 Å². The third-order valence-corrected chi connectivity index (χ3v) is 4.09. The summed E-state index contributed by atoms with van der Waals surface area (Å²) in [7, 11) is 0. The molecule has 0 saturated heterocycles. The number of nitrogens with two attached hydrogens (primary N) is 3. The molecule has 0 aromatic carbocycles. The zero-order valence-electron chi connectivity index (χ0n) is 18.6. The molecular formula is C18H31N7O9. The first-order valence-electron chi connectivity index (χ1n) is 10.1. The summed E-state index contributed by atoms with van der Waals surface area (Å²) >= 11 is 0. The number of amides is 3. The van der Waals surface area contributed by atoms with Crippen molar-refractivity contribution in [1.82, 2.24) is 16.0 Å². The second-order valence-corrected chi connectivity index (χ2v) is 7.03. The Labute approximate surface area is 194 Å². The minimum atomic E-state index is -1.63. The number of carbonyl (C=O) groups excluding carboxylic acids is 4. The molecular weight excluding hydrogens is 458 g/mol. The van der Waals surface area contributed by atoms with Gasteiger partial charge in [0, 0.05) is 19.9 Å². The second kappa shape index (κ2) is 15.8. The maximum atomic E-state index is 12.4. The lowest BCUT2D eigenvalue weighted by atomic mass is 10.1. The van der Waals surface area contributed by atoms with Gasteiger partial charge < -0.3 is 48.1 Å². The van der Waals surface area contributed by atoms with Crippen LogP contribution in [0.5, 0.6) is 0 Å². The largest absolute Gasteiger partial charge is 0.481 e. The van der Waals surface area contributed by atoms with Crippen LogP contribution in [0, 0.1) is 0 Å². The fraction of sp³-hybridized carbons (Fsp3) is 0.611. The Morgan fingerprint density at radius 1 is 0.971 bits per heavy atom. The van der Waals surface area contributed by atoms with E-state index in [9.17, 15) is 28.8 Å². The van der Waals surface area contributed by atoms with Gasteiger partial charge in [-0.05, 0) is 19.3 Å². The number of esters is 1. The average Bonchev–Trinajstić information content (AvgIpc) is 2.74. The van der Waals surface area contributed by atoms with E-state index < -0.39 is 73.3 Å². The van der Waals surface area contributed by atoms with Gasteiger partial charge in [-0.3, -0.25) is 29.0 Å². The molecule has 16 heteroatoms. The van der Waals surface area contributed by atoms with Crippen molar-refractivity contribution >= 4 is 41.6 Å². The summed E-state index contributed by atoms with van der Waals surface area (Å²) in [6, 6.07) is -4.02. The van der Waals surface area contributed by atoms with Gasteiger partial charge in [0.25, 0.3) is 0 Å². The van der Waals surface area contributed by atoms with Gasteiger partial charge in [-0.25, -0.2) is 4.79 Å². The van der Waals surface area contributed by atoms with Crippen molar-refractivity contribution in [3.63, 3.8) is 0 Å². The Morgan fingerprint density at radius 2 is 1.62 bits per heavy atom. The Hall–Kier alpha value is -3.95. The quantitative estimate of drug-likeness (QED) is 0.0445. The number of carbonyl (C=O) groups is 6. The number of nitrogens with zero attached hydrogens (tertiary/aromatic N) is 1. The number of aliphatic carboxylic acids is 2. The van der Waals surface area contributed by atoms with Crippen molar-refractivity contribution in [2.24, 2.45) is 22.2 Å². The summed E-state index contributed by atoms with van der Waals surface area (Å²) in [5.74, 6) is -6.17. The lowest BCUT2D eigenvalue weighted by Crippen LogP contribution is -2.54. The van der Waals surface area contributed by atoms with Crippen molar-refractivity contribution in [3.8, 4) is 0 Å². The molecule has 0 spiro atoms. The van der Waals surface area contributed by atoms with E-state index in [1.807, 2.05) is 0 Å². The van der Waals surface area contributed by atoms with Gasteiger partial charge in [0.15, 0.2) is 12.0 Å². The predicted octanol–water partition coefficient (Wildman–Crippen LogP) is -4.03. The molecule has 11 N–H and O–H groups in total. The van der Waals surface area contributed by atoms with Crippen LogP contribution in [0.4, 0.5) is 0 Å². The van der Waals surface area contributed by atoms with Crippen LogP contribution in [0.3, 0.4) is 0 Å². The summed E-state index contributed by atoms with van der Waals surface area (Å²) in [4.78, 5) is 73.3. The van der Waals surface area contributed by atoms with Crippen LogP contribution in [-0.4, -0.2) is 89.6 Å². The summed E-state index contributed by atoms with van der Waals surface area (Å²) < 4.78 is 4.56. The Morgan fingerprint density at radius 3 is 2.15 bits per heavy atom. The first-order valence-corrected chi connectivity index (χ1v) is 10.1. The standard InChI is InChI=1S/C18H31N7O9/c1-9(26)34-8-12(17(32)33)25-16(31)11(4-5-14(28)29)24-13(27)7-23-15(30)10(19)3-2-6-22-18(20)21/h10-12H,2-8,19H2,1H3,(H,23,30)(H,24,27)(H,25,31)(H,28,29)(H,32,33)(H4,20,21,22)/t10-,11-,12-/m0/s1. The molecule has 34 heavy (non-hydrogen) atoms. The molecule has 0 rings (SSSR count). The molecule has 0 aliphatic rings. The van der Waals surface area contributed by atoms with E-state index in [1.165, 1.54) is 0 Å². The molecule has 3 atom stereocenters. The molecule has 0 saturated carbocycles. The highest BCUT2D eigenvalue weighted by molar-refractivity contribution is 5.92. The van der Waals surface area contributed by atoms with E-state index in [0.717, 1.165) is 6.92 Å². The molecule has 16 nitrogen and oxygen atoms in total. The third kappa shape index (κ3) is 14.2. The van der Waals surface area contributed by atoms with E-state index in [1.54, 1.807) is 0 Å². The van der Waals surface area contributed by atoms with Crippen molar-refractivity contribution in [2.45, 2.75) is 50.7 Å². The number of hydrogen-bond donors (Lipinski definition) is 8. The number of ether oxygens (including phenoxy) is 1. The number of aliphatic imine (C=N–C) groups is 1. The van der Waals surface area contributed by atoms with Gasteiger partial charge >= 0.3 is 17.9 Å². The highest BCUT2D eigenvalue weighted by Crippen LogP contribution is 2.01. The topological polar surface area (TPSA) is 279 Å². The molecule has 0 aliphatic heterocycles. The Balaban J connectivity index is 4.89. The van der Waals surface area contributed by atoms with Gasteiger partial charge in [0.05, 0.1) is 12.6 Å². The number of carboxylic acids is 2. The summed E-state index contributed by atoms with van der Waals surface area (Å²) in [5.41, 5.74) is 16.1. The van der Waals surface area contributed by atoms with Crippen molar-refractivity contribution < 1.29 is 43.7 Å². The monoisotopic (exact) mass is 489 g/mol. The van der Waals surface area contributed by atoms with E-state index in [2.05, 4.69) is 25.7 Å². The lowest BCUT2D eigenvalue weighted by molar-refractivity contribution is -0.149. The van der Waals surface area contributed by atoms with Gasteiger partial charge in [-0.1, -0.05) is 0 Å². The normalized spacial score (nSPS) is 12.9. The van der Waals surface area contributed by atoms with Crippen LogP contribution in [0.25, 0.3) is 0 Å². The lowest BCUT2D eigenvalue weighted by Gasteiger charge is -2.21. The number of hydrogen-bond acceptors (Lipinski definition) is 9. The van der Waals surface area contributed by atoms with Crippen molar-refractivity contribution in [3.05, 3.63) is 0 Å². The molecule has 192 valence electrons. The summed E-state index contributed by atoms with van der Waals surface area (Å²) in [6.07, 6.45) is -0.251. The molecule has 0 aromatic rings. The minimum absolute atomic E-state index is 0.0998. The zero-order valence-corrected chi connectivity index (χ0v) is 18.6. The number of guanidine groups is 1. The van der Waals surface area contributed by atoms with Gasteiger partial charge in [0.2, 0.25) is 17.7 Å². The number of carboxylic acid groups (broad SMARTS) is 2. The van der Waals surface area contributed by atoms with Crippen LogP contribution in [0.2, 0.25) is 0 Å². The molecule has 0 unspecified atom stereocenters. The van der Waals surface area contributed by atoms with Crippen LogP contribution in [-0.2, 0) is 33.5 Å². The maximum absolute atomic E-state index is 12.4. The second-order valence-electron chi connectivity index (χ2n) is 7.03. The highest BCUT2D eigenvalue weighted by Gasteiger charge is 2.28. The molecule has 0 aliphatic carbocycles. The molecule has 0 fully saturated rings. The third-order valence-electron chi connectivity index (χ3n) is 4.09. The fourth-order valence-electron chi connectivity index (χ4n) is 2.38. The average molecular weight is 489 g/mol. The first kappa shape index (κ1) is 30.1. The zero-order chi connectivity index (χ0) is 26.3. The molecule has 0 radical (unpaired) electrons. The van der Waals surface area contributed by atoms with E-state index in [0.29, 0.717) is 6.42 Å². The number of rotatable bonds is 16. The Kier molecular flexibility index (Phi) is 14.0. The predicted molar refractivity (Wildman–Crippen MR) is 116 cm³/mol. The van der Waals surface area contributed by atoms with E-state index >= 15 is 0 Å². The van der Waals surface area contributed by atoms with E-state index in [-0.39, 0.29) is 25.3 Å². The number of nitrogens with one attached hydrogen (secondary N) is 3. The first-order chi connectivity index (χ1) is 15.8. The summed E-state index contributed by atoms with van der Waals surface area (Å²) in [5, 5.41) is 24.6. The van der Waals surface area contributed by atoms with Crippen LogP contribution in [0.1, 0.15) is 32.6 Å². The summed E-state index contributed by atoms with van der Waals surface area (Å²) in [6.45, 7) is 0.0555. The SMILES string of the molecule is CC(=O)OC[C@H](NC(=O)[C@H](CCC(=O)O)NC(=O)CNC(=O)[C@@H](N)CCCN=C(N)N)C(=O)O. The Bertz CT molecular complexity index is 784. The molecule has 3 amide bonds. The van der Waals surface area contributed by atoms with Gasteiger partial charge in [-0.2, -0.15) is 0 Å². The molecule has 0 aromatic heterocycles. The van der Waals surface area contributed by atoms with Gasteiger partial charge in [0.1, 0.15) is 12.6 Å². The smallest absolute Gasteiger partial charge is 0.329 e. The van der Waals surface area contributed by atoms with Gasteiger partial charge in [-0.15, -0.1) is 0 Å². The molecule has 0 heterocycles. The maximum Gasteiger partial charge on any atom is 0.329 e. The van der Waals surface area contributed by atoms with Crippen LogP contribution in [0.15, 0.2) is 4.99 Å². The van der Waals surface area contributed by atoms with Crippen molar-refractivity contribution in [1.29, 1.82) is 0 Å². The van der Waals surface area contributed by atoms with Crippen LogP contribution >= 0.6 is 0 Å². The highest BCUT2D eigenvalue weighted by atomic mass is 16.5. The molecule has 0 bridgehead atoms. The fourth-order valence-corrected chi connectivity index (χ4v) is 2.38. The minimum Gasteiger partial charge on any atom is -0.481 e. The van der Waals surface area contributed by atoms with Crippen LogP contribution < -0.4 is 33.2 Å². The van der Waals surface area contributed by atoms with E-state index in [4.69, 9.17) is 27.4 Å².